The highest BCUT2D eigenvalue weighted by Crippen LogP contribution is 2.44. The summed E-state index contributed by atoms with van der Waals surface area (Å²) in [5.74, 6) is 2.97. The van der Waals surface area contributed by atoms with E-state index < -0.39 is 0 Å². The normalized spacial score (nSPS) is 13.8. The minimum absolute atomic E-state index is 0.102. The van der Waals surface area contributed by atoms with Crippen molar-refractivity contribution >= 4 is 89.0 Å². The van der Waals surface area contributed by atoms with Crippen LogP contribution in [0.5, 0.6) is 5.88 Å². The van der Waals surface area contributed by atoms with E-state index in [2.05, 4.69) is 137 Å². The van der Waals surface area contributed by atoms with Crippen LogP contribution in [0.3, 0.4) is 0 Å². The van der Waals surface area contributed by atoms with Gasteiger partial charge in [-0.15, -0.1) is 0 Å². The molecule has 5 aromatic heterocycles. The second-order valence-corrected chi connectivity index (χ2v) is 14.6. The number of rotatable bonds is 2. The summed E-state index contributed by atoms with van der Waals surface area (Å²) in [4.78, 5) is 10.7. The van der Waals surface area contributed by atoms with Crippen molar-refractivity contribution in [3.63, 3.8) is 0 Å². The number of aromatic nitrogens is 5. The predicted molar refractivity (Wildman–Crippen MR) is 218 cm³/mol. The first-order valence-corrected chi connectivity index (χ1v) is 18.4. The molecule has 0 spiro atoms. The molecule has 7 heterocycles. The van der Waals surface area contributed by atoms with Crippen LogP contribution in [0.25, 0.3) is 94.2 Å². The molecule has 7 nitrogen and oxygen atoms in total. The van der Waals surface area contributed by atoms with Gasteiger partial charge in [0.2, 0.25) is 5.88 Å². The lowest BCUT2D eigenvalue weighted by Gasteiger charge is -2.31. The van der Waals surface area contributed by atoms with Crippen molar-refractivity contribution in [1.29, 1.82) is 0 Å². The van der Waals surface area contributed by atoms with Crippen molar-refractivity contribution in [3.05, 3.63) is 145 Å². The van der Waals surface area contributed by atoms with Crippen LogP contribution in [0.15, 0.2) is 149 Å². The third kappa shape index (κ3) is 3.39. The molecule has 11 aromatic rings. The summed E-state index contributed by atoms with van der Waals surface area (Å²) in [6, 6.07) is 47.1. The molecule has 0 atom stereocenters. The van der Waals surface area contributed by atoms with Gasteiger partial charge in [-0.25, -0.2) is 4.98 Å². The molecule has 54 heavy (non-hydrogen) atoms. The molecule has 0 radical (unpaired) electrons. The number of benzene rings is 6. The van der Waals surface area contributed by atoms with Gasteiger partial charge in [-0.1, -0.05) is 90.4 Å². The van der Waals surface area contributed by atoms with Gasteiger partial charge in [-0.2, -0.15) is 4.98 Å². The van der Waals surface area contributed by atoms with Crippen molar-refractivity contribution in [3.8, 4) is 28.8 Å². The summed E-state index contributed by atoms with van der Waals surface area (Å²) in [6.07, 6.45) is 0. The largest absolute Gasteiger partial charge is 0.456 e. The van der Waals surface area contributed by atoms with E-state index >= 15 is 0 Å². The van der Waals surface area contributed by atoms with Crippen molar-refractivity contribution in [2.24, 2.45) is 0 Å². The predicted octanol–water partition coefficient (Wildman–Crippen LogP) is 9.64. The number of imidazole rings is 1. The average molecular weight is 694 g/mol. The first-order valence-electron chi connectivity index (χ1n) is 18.4. The summed E-state index contributed by atoms with van der Waals surface area (Å²) in [7, 11) is 0. The van der Waals surface area contributed by atoms with E-state index in [1.165, 1.54) is 21.6 Å². The van der Waals surface area contributed by atoms with Crippen molar-refractivity contribution in [2.75, 3.05) is 0 Å². The number of para-hydroxylation sites is 3. The Morgan fingerprint density at radius 3 is 2.17 bits per heavy atom. The zero-order valence-corrected chi connectivity index (χ0v) is 29.3. The summed E-state index contributed by atoms with van der Waals surface area (Å²) < 4.78 is 20.4. The summed E-state index contributed by atoms with van der Waals surface area (Å²) >= 11 is 0. The van der Waals surface area contributed by atoms with E-state index in [9.17, 15) is 0 Å². The molecule has 0 N–H and O–H groups in total. The zero-order valence-electron chi connectivity index (χ0n) is 29.3. The molecule has 0 aliphatic carbocycles. The van der Waals surface area contributed by atoms with Gasteiger partial charge >= 0.3 is 0 Å². The minimum atomic E-state index is -0.102. The number of hydrogen-bond donors (Lipinski definition) is 0. The number of hydrogen-bond acceptors (Lipinski definition) is 4. The second-order valence-electron chi connectivity index (χ2n) is 14.6. The Balaban J connectivity index is 1.29. The summed E-state index contributed by atoms with van der Waals surface area (Å²) in [5.41, 5.74) is 13.9. The van der Waals surface area contributed by atoms with Gasteiger partial charge < -0.3 is 13.7 Å². The highest BCUT2D eigenvalue weighted by atomic mass is 16.5. The van der Waals surface area contributed by atoms with Crippen LogP contribution in [0, 0.1) is 0 Å². The van der Waals surface area contributed by atoms with E-state index in [1.54, 1.807) is 0 Å². The van der Waals surface area contributed by atoms with Crippen LogP contribution >= 0.6 is 0 Å². The first-order chi connectivity index (χ1) is 26.6. The van der Waals surface area contributed by atoms with Crippen molar-refractivity contribution in [1.82, 2.24) is 23.5 Å². The molecular formula is C46H28BN5O2. The highest BCUT2D eigenvalue weighted by molar-refractivity contribution is 6.95. The monoisotopic (exact) mass is 693 g/mol. The molecule has 0 bridgehead atoms. The summed E-state index contributed by atoms with van der Waals surface area (Å²) in [6.45, 7) is 4.16. The molecular weight excluding hydrogens is 665 g/mol. The quantitative estimate of drug-likeness (QED) is 0.169. The molecule has 0 unspecified atom stereocenters. The highest BCUT2D eigenvalue weighted by Gasteiger charge is 2.44. The van der Waals surface area contributed by atoms with E-state index in [4.69, 9.17) is 19.1 Å². The number of allylic oxidation sites excluding steroid dienone is 2. The standard InChI is InChI=1S/C46H28BN5O2/c1-25-26(2)53-45-41-44(48-43(49-45)27-13-5-3-6-14-27)52-42-35(22-21-34-39(42)30-18-9-11-19-33(30)50(34)28-15-7-4-8-16-28)51-36-24-38-31(29-17-10-12-20-37(29)54-38)23-32(36)40(46(51)52)47(25)41/h3-24H,1-2H3. The van der Waals surface area contributed by atoms with Crippen LogP contribution in [-0.4, -0.2) is 30.2 Å². The molecule has 0 amide bonds. The fourth-order valence-electron chi connectivity index (χ4n) is 9.53. The Kier molecular flexibility index (Phi) is 5.22. The lowest BCUT2D eigenvalue weighted by molar-refractivity contribution is 0.407. The maximum absolute atomic E-state index is 6.67. The number of ether oxygens (including phenoxy) is 1. The molecule has 6 aromatic carbocycles. The van der Waals surface area contributed by atoms with Gasteiger partial charge in [0.1, 0.15) is 22.6 Å². The van der Waals surface area contributed by atoms with E-state index in [1.807, 2.05) is 24.3 Å². The van der Waals surface area contributed by atoms with Crippen LogP contribution in [0.2, 0.25) is 0 Å². The Morgan fingerprint density at radius 2 is 1.31 bits per heavy atom. The maximum atomic E-state index is 6.67. The van der Waals surface area contributed by atoms with Crippen LogP contribution < -0.4 is 15.7 Å². The third-order valence-electron chi connectivity index (χ3n) is 11.9. The molecule has 13 rings (SSSR count). The fourth-order valence-corrected chi connectivity index (χ4v) is 9.53. The molecule has 2 aliphatic rings. The Bertz CT molecular complexity index is 3500. The van der Waals surface area contributed by atoms with Gasteiger partial charge in [0.15, 0.2) is 5.82 Å². The van der Waals surface area contributed by atoms with Gasteiger partial charge in [-0.3, -0.25) is 8.97 Å². The molecule has 0 fully saturated rings. The van der Waals surface area contributed by atoms with Gasteiger partial charge in [0.25, 0.3) is 6.71 Å². The number of nitrogens with zero attached hydrogens (tertiary/aromatic N) is 5. The lowest BCUT2D eigenvalue weighted by atomic mass is 9.35. The smallest absolute Gasteiger partial charge is 0.258 e. The molecule has 2 aliphatic heterocycles. The second kappa shape index (κ2) is 9.88. The molecule has 0 saturated carbocycles. The topological polar surface area (TPSA) is 62.4 Å². The minimum Gasteiger partial charge on any atom is -0.456 e. The van der Waals surface area contributed by atoms with Crippen molar-refractivity contribution in [2.45, 2.75) is 13.8 Å². The van der Waals surface area contributed by atoms with Crippen LogP contribution in [0.1, 0.15) is 13.8 Å². The number of fused-ring (bicyclic) bond motifs is 15. The molecule has 8 heteroatoms. The van der Waals surface area contributed by atoms with E-state index in [0.717, 1.165) is 88.9 Å². The fraction of sp³-hybridized carbons (Fsp3) is 0.0435. The van der Waals surface area contributed by atoms with Gasteiger partial charge in [-0.05, 0) is 67.2 Å². The summed E-state index contributed by atoms with van der Waals surface area (Å²) in [5, 5.41) is 5.77. The SMILES string of the molecule is CC1=C(C)B2c3c(nc(-c4ccccc4)nc3-n3c4c5c6ccccc6n(-c6ccccc6)c5ccc4n4c5cc6oc7ccccc7c6cc5c2c34)O1. The van der Waals surface area contributed by atoms with E-state index in [0.29, 0.717) is 11.7 Å². The maximum Gasteiger partial charge on any atom is 0.258 e. The first kappa shape index (κ1) is 28.5. The van der Waals surface area contributed by atoms with Crippen LogP contribution in [0.4, 0.5) is 0 Å². The Morgan fingerprint density at radius 1 is 0.574 bits per heavy atom. The van der Waals surface area contributed by atoms with E-state index in [-0.39, 0.29) is 6.71 Å². The average Bonchev–Trinajstić information content (AvgIpc) is 3.94. The lowest BCUT2D eigenvalue weighted by Crippen LogP contribution is -2.52. The Labute approximate surface area is 308 Å². The van der Waals surface area contributed by atoms with Crippen molar-refractivity contribution < 1.29 is 9.15 Å². The van der Waals surface area contributed by atoms with Gasteiger partial charge in [0, 0.05) is 44.3 Å². The van der Waals surface area contributed by atoms with Gasteiger partial charge in [0.05, 0.1) is 33.3 Å². The molecule has 0 saturated heterocycles. The Hall–Kier alpha value is -7.06. The van der Waals surface area contributed by atoms with Crippen LogP contribution in [-0.2, 0) is 0 Å². The number of furan rings is 1. The molecule has 252 valence electrons. The third-order valence-corrected chi connectivity index (χ3v) is 11.9. The zero-order chi connectivity index (χ0) is 35.4.